The summed E-state index contributed by atoms with van der Waals surface area (Å²) in [7, 11) is 0. The number of hydrazine groups is 1. The van der Waals surface area contributed by atoms with Crippen molar-refractivity contribution in [2.24, 2.45) is 5.84 Å². The van der Waals surface area contributed by atoms with Crippen LogP contribution in [0.5, 0.6) is 5.75 Å². The first kappa shape index (κ1) is 39.7. The highest BCUT2D eigenvalue weighted by Crippen LogP contribution is 2.17. The fraction of sp³-hybridized carbons (Fsp3) is 0.600. The van der Waals surface area contributed by atoms with Crippen molar-refractivity contribution in [3.63, 3.8) is 0 Å². The zero-order chi connectivity index (χ0) is 34.3. The molecule has 0 saturated carbocycles. The number of hydrogen-bond donors (Lipinski definition) is 7. The van der Waals surface area contributed by atoms with Crippen LogP contribution in [-0.4, -0.2) is 118 Å². The molecule has 46 heavy (non-hydrogen) atoms. The summed E-state index contributed by atoms with van der Waals surface area (Å²) in [6.45, 7) is -2.46. The molecular weight excluding hydrogens is 606 g/mol. The summed E-state index contributed by atoms with van der Waals surface area (Å²) in [5, 5.41) is 39.9. The van der Waals surface area contributed by atoms with Gasteiger partial charge in [-0.2, -0.15) is 0 Å². The van der Waals surface area contributed by atoms with Crippen molar-refractivity contribution >= 4 is 35.7 Å². The lowest BCUT2D eigenvalue weighted by molar-refractivity contribution is -0.146. The number of amides is 2. The standard InChI is InChI=1S/C30H47N5O11/c31-33-25(36)9-7-5-3-1-2-4-6-8-14-32-26(37)21-46-24-12-10-22(11-13-24)15-23(35(19-29(42)43)20-30(44)45)16-34(17-27(38)39)18-28(40)41/h10-13,23H,1-9,14-21,31H2,(H,32,37)(H,33,36)(H,38,39)(H,40,41)(H,42,43)(H,44,45). The second kappa shape index (κ2) is 23.1. The molecule has 16 nitrogen and oxygen atoms in total. The third-order valence-corrected chi connectivity index (χ3v) is 6.96. The molecule has 1 aromatic carbocycles. The Morgan fingerprint density at radius 1 is 0.696 bits per heavy atom. The first-order valence-corrected chi connectivity index (χ1v) is 15.2. The van der Waals surface area contributed by atoms with E-state index in [2.05, 4.69) is 10.7 Å². The second-order valence-electron chi connectivity index (χ2n) is 10.9. The van der Waals surface area contributed by atoms with Gasteiger partial charge in [-0.1, -0.05) is 50.7 Å². The van der Waals surface area contributed by atoms with Gasteiger partial charge in [0.2, 0.25) is 5.91 Å². The molecule has 8 N–H and O–H groups in total. The second-order valence-corrected chi connectivity index (χ2v) is 10.9. The molecule has 0 heterocycles. The molecule has 0 aliphatic heterocycles. The Morgan fingerprint density at radius 2 is 1.20 bits per heavy atom. The van der Waals surface area contributed by atoms with Gasteiger partial charge in [0.05, 0.1) is 26.2 Å². The van der Waals surface area contributed by atoms with Gasteiger partial charge >= 0.3 is 23.9 Å². The van der Waals surface area contributed by atoms with Crippen molar-refractivity contribution in [3.8, 4) is 5.75 Å². The molecule has 0 spiro atoms. The number of aliphatic carboxylic acids is 4. The van der Waals surface area contributed by atoms with Gasteiger partial charge in [-0.15, -0.1) is 0 Å². The molecule has 0 aromatic heterocycles. The van der Waals surface area contributed by atoms with Gasteiger partial charge in [0, 0.05) is 25.6 Å². The van der Waals surface area contributed by atoms with E-state index in [0.717, 1.165) is 61.2 Å². The van der Waals surface area contributed by atoms with Crippen LogP contribution < -0.4 is 21.3 Å². The van der Waals surface area contributed by atoms with Crippen LogP contribution in [0.1, 0.15) is 63.4 Å². The van der Waals surface area contributed by atoms with Crippen molar-refractivity contribution < 1.29 is 53.9 Å². The van der Waals surface area contributed by atoms with Crippen LogP contribution in [0, 0.1) is 0 Å². The Bertz CT molecular complexity index is 1080. The number of carboxylic acid groups (broad SMARTS) is 4. The van der Waals surface area contributed by atoms with E-state index in [-0.39, 0.29) is 31.4 Å². The molecule has 0 aliphatic rings. The Kier molecular flexibility index (Phi) is 20.0. The average Bonchev–Trinajstić information content (AvgIpc) is 2.97. The fourth-order valence-electron chi connectivity index (χ4n) is 4.80. The molecule has 16 heteroatoms. The quantitative estimate of drug-likeness (QED) is 0.0296. The van der Waals surface area contributed by atoms with Crippen LogP contribution in [0.15, 0.2) is 24.3 Å². The average molecular weight is 654 g/mol. The van der Waals surface area contributed by atoms with Crippen LogP contribution in [-0.2, 0) is 35.2 Å². The van der Waals surface area contributed by atoms with E-state index in [0.29, 0.717) is 24.3 Å². The lowest BCUT2D eigenvalue weighted by atomic mass is 10.0. The number of hydrogen-bond acceptors (Lipinski definition) is 10. The van der Waals surface area contributed by atoms with Crippen LogP contribution in [0.4, 0.5) is 0 Å². The summed E-state index contributed by atoms with van der Waals surface area (Å²) < 4.78 is 5.55. The monoisotopic (exact) mass is 653 g/mol. The number of benzene rings is 1. The topological polar surface area (TPSA) is 249 Å². The maximum Gasteiger partial charge on any atom is 0.317 e. The maximum atomic E-state index is 12.2. The van der Waals surface area contributed by atoms with Crippen molar-refractivity contribution in [3.05, 3.63) is 29.8 Å². The van der Waals surface area contributed by atoms with Gasteiger partial charge < -0.3 is 30.5 Å². The molecule has 2 amide bonds. The van der Waals surface area contributed by atoms with E-state index >= 15 is 0 Å². The number of carbonyl (C=O) groups excluding carboxylic acids is 2. The zero-order valence-electron chi connectivity index (χ0n) is 26.0. The number of carboxylic acids is 4. The Hall–Kier alpha value is -4.28. The van der Waals surface area contributed by atoms with Gasteiger partial charge in [-0.05, 0) is 37.0 Å². The Balaban J connectivity index is 2.57. The van der Waals surface area contributed by atoms with E-state index in [1.807, 2.05) is 0 Å². The smallest absolute Gasteiger partial charge is 0.317 e. The molecule has 1 aromatic rings. The Morgan fingerprint density at radius 3 is 1.70 bits per heavy atom. The summed E-state index contributed by atoms with van der Waals surface area (Å²) >= 11 is 0. The van der Waals surface area contributed by atoms with E-state index in [4.69, 9.17) is 10.6 Å². The number of nitrogens with zero attached hydrogens (tertiary/aromatic N) is 2. The van der Waals surface area contributed by atoms with E-state index < -0.39 is 56.1 Å². The van der Waals surface area contributed by atoms with Crippen molar-refractivity contribution in [1.82, 2.24) is 20.5 Å². The molecule has 1 atom stereocenters. The Labute approximate surface area is 267 Å². The van der Waals surface area contributed by atoms with E-state index in [1.54, 1.807) is 24.3 Å². The van der Waals surface area contributed by atoms with Gasteiger partial charge in [-0.25, -0.2) is 5.84 Å². The summed E-state index contributed by atoms with van der Waals surface area (Å²) in [6, 6.07) is 5.64. The van der Waals surface area contributed by atoms with Gasteiger partial charge in [0.25, 0.3) is 5.91 Å². The number of unbranched alkanes of at least 4 members (excludes halogenated alkanes) is 7. The van der Waals surface area contributed by atoms with Crippen molar-refractivity contribution in [2.75, 3.05) is 45.9 Å². The number of ether oxygens (including phenoxy) is 1. The van der Waals surface area contributed by atoms with Gasteiger partial charge in [0.1, 0.15) is 5.75 Å². The van der Waals surface area contributed by atoms with Crippen LogP contribution in [0.2, 0.25) is 0 Å². The number of rotatable bonds is 27. The largest absolute Gasteiger partial charge is 0.484 e. The normalized spacial score (nSPS) is 11.6. The summed E-state index contributed by atoms with van der Waals surface area (Å²) in [4.78, 5) is 71.0. The highest BCUT2D eigenvalue weighted by atomic mass is 16.5. The predicted octanol–water partition coefficient (Wildman–Crippen LogP) is 0.536. The molecule has 0 aliphatic carbocycles. The summed E-state index contributed by atoms with van der Waals surface area (Å²) in [6.07, 6.45) is 8.51. The van der Waals surface area contributed by atoms with E-state index in [1.165, 1.54) is 0 Å². The van der Waals surface area contributed by atoms with Gasteiger partial charge in [0.15, 0.2) is 6.61 Å². The molecule has 0 fully saturated rings. The molecule has 1 rings (SSSR count). The predicted molar refractivity (Wildman–Crippen MR) is 165 cm³/mol. The number of carbonyl (C=O) groups is 6. The lowest BCUT2D eigenvalue weighted by Gasteiger charge is -2.33. The fourth-order valence-corrected chi connectivity index (χ4v) is 4.80. The first-order chi connectivity index (χ1) is 21.9. The molecule has 0 radical (unpaired) electrons. The number of nitrogens with one attached hydrogen (secondary N) is 2. The highest BCUT2D eigenvalue weighted by molar-refractivity contribution is 5.77. The molecule has 0 bridgehead atoms. The lowest BCUT2D eigenvalue weighted by Crippen LogP contribution is -2.50. The summed E-state index contributed by atoms with van der Waals surface area (Å²) in [5.41, 5.74) is 2.75. The first-order valence-electron chi connectivity index (χ1n) is 15.2. The molecular formula is C30H47N5O11. The minimum absolute atomic E-state index is 0.0879. The molecule has 0 saturated heterocycles. The van der Waals surface area contributed by atoms with Gasteiger partial charge in [-0.3, -0.25) is 44.0 Å². The zero-order valence-corrected chi connectivity index (χ0v) is 26.0. The van der Waals surface area contributed by atoms with Crippen molar-refractivity contribution in [2.45, 2.75) is 70.3 Å². The SMILES string of the molecule is NNC(=O)CCCCCCCCCCNC(=O)COc1ccc(CC(CN(CC(=O)O)CC(=O)O)N(CC(=O)O)CC(=O)O)cc1. The third kappa shape index (κ3) is 19.9. The third-order valence-electron chi connectivity index (χ3n) is 6.96. The molecule has 1 unspecified atom stereocenters. The van der Waals surface area contributed by atoms with Crippen LogP contribution in [0.3, 0.4) is 0 Å². The molecule has 258 valence electrons. The van der Waals surface area contributed by atoms with Crippen LogP contribution >= 0.6 is 0 Å². The van der Waals surface area contributed by atoms with E-state index in [9.17, 15) is 49.2 Å². The maximum absolute atomic E-state index is 12.2. The minimum Gasteiger partial charge on any atom is -0.484 e. The minimum atomic E-state index is -1.30. The van der Waals surface area contributed by atoms with Crippen LogP contribution in [0.25, 0.3) is 0 Å². The van der Waals surface area contributed by atoms with Crippen molar-refractivity contribution in [1.29, 1.82) is 0 Å². The number of nitrogens with two attached hydrogens (primary N) is 1. The highest BCUT2D eigenvalue weighted by Gasteiger charge is 2.27. The summed E-state index contributed by atoms with van der Waals surface area (Å²) in [5.74, 6) is -0.149.